The first kappa shape index (κ1) is 11.0. The Kier molecular flexibility index (Phi) is 5.65. The monoisotopic (exact) mass is 179 g/mol. The third-order valence-electron chi connectivity index (χ3n) is 1.17. The van der Waals surface area contributed by atoms with Gasteiger partial charge in [0.05, 0.1) is 19.2 Å². The van der Waals surface area contributed by atoms with Crippen LogP contribution in [0.2, 0.25) is 0 Å². The molecule has 0 heterocycles. The fourth-order valence-corrected chi connectivity index (χ4v) is 0.577. The van der Waals surface area contributed by atoms with E-state index >= 15 is 0 Å². The zero-order valence-corrected chi connectivity index (χ0v) is 7.23. The van der Waals surface area contributed by atoms with Gasteiger partial charge in [-0.2, -0.15) is 10.5 Å². The summed E-state index contributed by atoms with van der Waals surface area (Å²) < 4.78 is 4.34. The predicted molar refractivity (Wildman–Crippen MR) is 44.0 cm³/mol. The summed E-state index contributed by atoms with van der Waals surface area (Å²) in [6, 6.07) is 3.73. The van der Waals surface area contributed by atoms with Crippen LogP contribution in [-0.4, -0.2) is 31.1 Å². The number of rotatable bonds is 4. The van der Waals surface area contributed by atoms with Crippen LogP contribution in [0.25, 0.3) is 0 Å². The van der Waals surface area contributed by atoms with E-state index in [1.165, 1.54) is 18.2 Å². The van der Waals surface area contributed by atoms with Crippen LogP contribution in [-0.2, 0) is 9.53 Å². The van der Waals surface area contributed by atoms with Crippen molar-refractivity contribution in [1.29, 1.82) is 10.5 Å². The molecule has 0 aromatic carbocycles. The van der Waals surface area contributed by atoms with Gasteiger partial charge < -0.3 is 9.64 Å². The number of ether oxygens (including phenoxy) is 1. The average molecular weight is 179 g/mol. The molecule has 0 atom stereocenters. The van der Waals surface area contributed by atoms with Gasteiger partial charge in [0.2, 0.25) is 0 Å². The summed E-state index contributed by atoms with van der Waals surface area (Å²) in [5.41, 5.74) is 0. The smallest absolute Gasteiger partial charge is 0.331 e. The standard InChI is InChI=1S/C8H9N3O2/c1-13-8(12)2-5-11(6-3-9)7-4-10/h2,5H,6-7H2,1H3. The molecule has 0 aromatic heterocycles. The number of carbonyl (C=O) groups excluding carboxylic acids is 1. The summed E-state index contributed by atoms with van der Waals surface area (Å²) in [4.78, 5) is 12.0. The fraction of sp³-hybridized carbons (Fsp3) is 0.375. The lowest BCUT2D eigenvalue weighted by Gasteiger charge is -2.10. The maximum atomic E-state index is 10.6. The second-order valence-corrected chi connectivity index (χ2v) is 2.06. The largest absolute Gasteiger partial charge is 0.466 e. The Balaban J connectivity index is 4.10. The van der Waals surface area contributed by atoms with E-state index in [1.54, 1.807) is 0 Å². The number of esters is 1. The first-order valence-electron chi connectivity index (χ1n) is 3.48. The van der Waals surface area contributed by atoms with Gasteiger partial charge in [-0.1, -0.05) is 0 Å². The highest BCUT2D eigenvalue weighted by Gasteiger charge is 1.97. The Labute approximate surface area is 76.4 Å². The zero-order valence-electron chi connectivity index (χ0n) is 7.23. The minimum atomic E-state index is -0.513. The second kappa shape index (κ2) is 6.68. The number of nitrogens with zero attached hydrogens (tertiary/aromatic N) is 3. The molecule has 0 fully saturated rings. The molecule has 5 nitrogen and oxygen atoms in total. The minimum absolute atomic E-state index is 0.0705. The highest BCUT2D eigenvalue weighted by Crippen LogP contribution is 1.88. The molecule has 68 valence electrons. The normalized spacial score (nSPS) is 8.85. The lowest BCUT2D eigenvalue weighted by atomic mass is 10.5. The molecule has 0 unspecified atom stereocenters. The maximum absolute atomic E-state index is 10.6. The summed E-state index contributed by atoms with van der Waals surface area (Å²) in [5, 5.41) is 16.7. The van der Waals surface area contributed by atoms with Gasteiger partial charge in [-0.05, 0) is 0 Å². The van der Waals surface area contributed by atoms with Crippen LogP contribution in [0, 0.1) is 22.7 Å². The van der Waals surface area contributed by atoms with E-state index in [1.807, 2.05) is 12.1 Å². The topological polar surface area (TPSA) is 77.1 Å². The number of hydrogen-bond acceptors (Lipinski definition) is 5. The van der Waals surface area contributed by atoms with Gasteiger partial charge in [0, 0.05) is 12.3 Å². The SMILES string of the molecule is COC(=O)C=CN(CC#N)CC#N. The molecule has 0 aromatic rings. The highest BCUT2D eigenvalue weighted by molar-refractivity contribution is 5.81. The molecule has 0 radical (unpaired) electrons. The average Bonchev–Trinajstić information content (AvgIpc) is 2.14. The van der Waals surface area contributed by atoms with Crippen molar-refractivity contribution in [1.82, 2.24) is 4.90 Å². The molecule has 5 heteroatoms. The summed E-state index contributed by atoms with van der Waals surface area (Å²) in [7, 11) is 1.26. The van der Waals surface area contributed by atoms with Crippen LogP contribution in [0.3, 0.4) is 0 Å². The van der Waals surface area contributed by atoms with Crippen molar-refractivity contribution in [3.63, 3.8) is 0 Å². The van der Waals surface area contributed by atoms with Crippen molar-refractivity contribution < 1.29 is 9.53 Å². The van der Waals surface area contributed by atoms with Crippen LogP contribution in [0.4, 0.5) is 0 Å². The molecule has 0 aliphatic rings. The maximum Gasteiger partial charge on any atom is 0.331 e. The van der Waals surface area contributed by atoms with Gasteiger partial charge in [0.15, 0.2) is 0 Å². The van der Waals surface area contributed by atoms with E-state index in [0.29, 0.717) is 0 Å². The number of carbonyl (C=O) groups is 1. The van der Waals surface area contributed by atoms with Gasteiger partial charge in [-0.3, -0.25) is 0 Å². The summed E-state index contributed by atoms with van der Waals surface area (Å²) in [5.74, 6) is -0.513. The van der Waals surface area contributed by atoms with Crippen LogP contribution in [0.15, 0.2) is 12.3 Å². The summed E-state index contributed by atoms with van der Waals surface area (Å²) in [6.45, 7) is 0.141. The van der Waals surface area contributed by atoms with Gasteiger partial charge >= 0.3 is 5.97 Å². The number of hydrogen-bond donors (Lipinski definition) is 0. The predicted octanol–water partition coefficient (Wildman–Crippen LogP) is 0.0223. The molecule has 0 spiro atoms. The summed E-state index contributed by atoms with van der Waals surface area (Å²) in [6.07, 6.45) is 2.52. The van der Waals surface area contributed by atoms with Crippen LogP contribution in [0.1, 0.15) is 0 Å². The van der Waals surface area contributed by atoms with Gasteiger partial charge in [0.1, 0.15) is 13.1 Å². The van der Waals surface area contributed by atoms with Crippen molar-refractivity contribution in [3.8, 4) is 12.1 Å². The molecule has 0 N–H and O–H groups in total. The van der Waals surface area contributed by atoms with Crippen molar-refractivity contribution in [3.05, 3.63) is 12.3 Å². The van der Waals surface area contributed by atoms with Crippen LogP contribution >= 0.6 is 0 Å². The molecule has 0 saturated heterocycles. The van der Waals surface area contributed by atoms with Gasteiger partial charge in [-0.25, -0.2) is 4.79 Å². The second-order valence-electron chi connectivity index (χ2n) is 2.06. The van der Waals surface area contributed by atoms with E-state index in [4.69, 9.17) is 10.5 Å². The summed E-state index contributed by atoms with van der Waals surface area (Å²) >= 11 is 0. The van der Waals surface area contributed by atoms with E-state index < -0.39 is 5.97 Å². The van der Waals surface area contributed by atoms with E-state index in [2.05, 4.69) is 4.74 Å². The van der Waals surface area contributed by atoms with Crippen LogP contribution in [0.5, 0.6) is 0 Å². The molecule has 13 heavy (non-hydrogen) atoms. The molecule has 0 amide bonds. The quantitative estimate of drug-likeness (QED) is 0.345. The molecule has 0 rings (SSSR count). The Bertz CT molecular complexity index is 256. The minimum Gasteiger partial charge on any atom is -0.466 e. The van der Waals surface area contributed by atoms with Gasteiger partial charge in [-0.15, -0.1) is 0 Å². The zero-order chi connectivity index (χ0) is 10.1. The Morgan fingerprint density at radius 2 is 2.00 bits per heavy atom. The van der Waals surface area contributed by atoms with Gasteiger partial charge in [0.25, 0.3) is 0 Å². The molecular weight excluding hydrogens is 170 g/mol. The lowest BCUT2D eigenvalue weighted by molar-refractivity contribution is -0.134. The number of nitriles is 2. The molecule has 0 bridgehead atoms. The molecular formula is C8H9N3O2. The Hall–Kier alpha value is -2.01. The third kappa shape index (κ3) is 5.28. The first-order valence-corrected chi connectivity index (χ1v) is 3.48. The lowest BCUT2D eigenvalue weighted by Crippen LogP contribution is -2.18. The molecule has 0 aliphatic heterocycles. The fourth-order valence-electron chi connectivity index (χ4n) is 0.577. The van der Waals surface area contributed by atoms with E-state index in [0.717, 1.165) is 6.08 Å². The number of methoxy groups -OCH3 is 1. The van der Waals surface area contributed by atoms with Crippen molar-refractivity contribution in [2.75, 3.05) is 20.2 Å². The molecule has 0 saturated carbocycles. The van der Waals surface area contributed by atoms with E-state index in [9.17, 15) is 4.79 Å². The Morgan fingerprint density at radius 3 is 2.38 bits per heavy atom. The van der Waals surface area contributed by atoms with Crippen molar-refractivity contribution in [2.45, 2.75) is 0 Å². The van der Waals surface area contributed by atoms with Crippen molar-refractivity contribution >= 4 is 5.97 Å². The van der Waals surface area contributed by atoms with Crippen LogP contribution < -0.4 is 0 Å². The Morgan fingerprint density at radius 1 is 1.46 bits per heavy atom. The van der Waals surface area contributed by atoms with E-state index in [-0.39, 0.29) is 13.1 Å². The highest BCUT2D eigenvalue weighted by atomic mass is 16.5. The first-order chi connectivity index (χ1) is 6.24. The molecule has 0 aliphatic carbocycles. The van der Waals surface area contributed by atoms with Crippen molar-refractivity contribution in [2.24, 2.45) is 0 Å². The third-order valence-corrected chi connectivity index (χ3v) is 1.17.